The molecule has 1 aliphatic rings. The largest absolute Gasteiger partial charge is 0.483 e. The number of hydrogen-bond acceptors (Lipinski definition) is 5. The highest BCUT2D eigenvalue weighted by molar-refractivity contribution is 9.09. The molecule has 0 fully saturated rings. The van der Waals surface area contributed by atoms with Gasteiger partial charge in [0.05, 0.1) is 20.3 Å². The molecule has 6 heteroatoms. The van der Waals surface area contributed by atoms with Crippen molar-refractivity contribution in [3.8, 4) is 0 Å². The van der Waals surface area contributed by atoms with Gasteiger partial charge in [-0.15, -0.1) is 0 Å². The summed E-state index contributed by atoms with van der Waals surface area (Å²) in [5.74, 6) is 1.74. The van der Waals surface area contributed by atoms with Gasteiger partial charge in [0, 0.05) is 11.9 Å². The summed E-state index contributed by atoms with van der Waals surface area (Å²) in [6.45, 7) is 7.23. The second-order valence-corrected chi connectivity index (χ2v) is 7.24. The van der Waals surface area contributed by atoms with Crippen molar-refractivity contribution in [1.82, 2.24) is 0 Å². The van der Waals surface area contributed by atoms with Gasteiger partial charge in [0.15, 0.2) is 0 Å². The summed E-state index contributed by atoms with van der Waals surface area (Å²) in [4.78, 5) is 9.48. The molecule has 1 rings (SSSR count). The first-order valence-corrected chi connectivity index (χ1v) is 10.1. The molecule has 0 unspecified atom stereocenters. The Morgan fingerprint density at radius 2 is 1.79 bits per heavy atom. The molecule has 0 amide bonds. The second-order valence-electron chi connectivity index (χ2n) is 6.45. The Kier molecular flexibility index (Phi) is 10.6. The SMILES string of the molecule is CCCCO[C@@H](CCBr)CC[C@@H]1N=C(OC)[C@@H](C(C)C)N=C1OC. The van der Waals surface area contributed by atoms with Crippen molar-refractivity contribution in [1.29, 1.82) is 0 Å². The van der Waals surface area contributed by atoms with E-state index in [1.807, 2.05) is 0 Å². The molecule has 1 aliphatic heterocycles. The van der Waals surface area contributed by atoms with Gasteiger partial charge in [-0.3, -0.25) is 0 Å². The van der Waals surface area contributed by atoms with E-state index in [1.165, 1.54) is 0 Å². The molecule has 1 heterocycles. The number of rotatable bonds is 10. The van der Waals surface area contributed by atoms with Crippen LogP contribution in [0.5, 0.6) is 0 Å². The Morgan fingerprint density at radius 1 is 1.08 bits per heavy atom. The van der Waals surface area contributed by atoms with Gasteiger partial charge in [-0.1, -0.05) is 43.1 Å². The number of halogens is 1. The summed E-state index contributed by atoms with van der Waals surface area (Å²) in [7, 11) is 3.34. The predicted octanol–water partition coefficient (Wildman–Crippen LogP) is 4.23. The third kappa shape index (κ3) is 6.71. The fraction of sp³-hybridized carbons (Fsp3) is 0.889. The third-order valence-electron chi connectivity index (χ3n) is 4.18. The van der Waals surface area contributed by atoms with Crippen molar-refractivity contribution >= 4 is 27.7 Å². The number of ether oxygens (including phenoxy) is 3. The zero-order valence-electron chi connectivity index (χ0n) is 15.8. The van der Waals surface area contributed by atoms with Gasteiger partial charge in [0.25, 0.3) is 0 Å². The van der Waals surface area contributed by atoms with Gasteiger partial charge in [-0.05, 0) is 31.6 Å². The molecule has 24 heavy (non-hydrogen) atoms. The molecule has 0 radical (unpaired) electrons. The lowest BCUT2D eigenvalue weighted by atomic mass is 10.0. The van der Waals surface area contributed by atoms with E-state index >= 15 is 0 Å². The standard InChI is InChI=1S/C18H33BrN2O3/c1-6-7-12-24-14(10-11-19)8-9-15-17(22-4)21-16(13(2)3)18(20-15)23-5/h13-16H,6-12H2,1-5H3/t14-,15+,16-/m1/s1. The van der Waals surface area contributed by atoms with Crippen LogP contribution in [0.25, 0.3) is 0 Å². The van der Waals surface area contributed by atoms with Crippen molar-refractivity contribution in [3.63, 3.8) is 0 Å². The van der Waals surface area contributed by atoms with E-state index in [9.17, 15) is 0 Å². The highest BCUT2D eigenvalue weighted by Gasteiger charge is 2.31. The fourth-order valence-corrected chi connectivity index (χ4v) is 3.23. The molecule has 0 aromatic heterocycles. The minimum atomic E-state index is -0.0763. The highest BCUT2D eigenvalue weighted by atomic mass is 79.9. The van der Waals surface area contributed by atoms with Crippen LogP contribution in [0.1, 0.15) is 52.9 Å². The Labute approximate surface area is 155 Å². The molecule has 0 bridgehead atoms. The molecule has 0 saturated heterocycles. The molecule has 3 atom stereocenters. The zero-order chi connectivity index (χ0) is 17.9. The zero-order valence-corrected chi connectivity index (χ0v) is 17.3. The van der Waals surface area contributed by atoms with Crippen LogP contribution in [-0.4, -0.2) is 56.1 Å². The minimum absolute atomic E-state index is 0.0552. The maximum atomic E-state index is 6.00. The molecule has 0 spiro atoms. The van der Waals surface area contributed by atoms with Crippen LogP contribution in [-0.2, 0) is 14.2 Å². The average molecular weight is 405 g/mol. The number of methoxy groups -OCH3 is 2. The van der Waals surface area contributed by atoms with Crippen molar-refractivity contribution in [2.24, 2.45) is 15.9 Å². The lowest BCUT2D eigenvalue weighted by Gasteiger charge is -2.27. The molecule has 0 aromatic rings. The van der Waals surface area contributed by atoms with E-state index in [-0.39, 0.29) is 18.2 Å². The predicted molar refractivity (Wildman–Crippen MR) is 104 cm³/mol. The lowest BCUT2D eigenvalue weighted by Crippen LogP contribution is -2.37. The van der Waals surface area contributed by atoms with Gasteiger partial charge in [0.2, 0.25) is 11.8 Å². The second kappa shape index (κ2) is 11.9. The van der Waals surface area contributed by atoms with Crippen molar-refractivity contribution in [2.75, 3.05) is 26.2 Å². The first-order valence-electron chi connectivity index (χ1n) is 8.98. The maximum absolute atomic E-state index is 6.00. The first-order chi connectivity index (χ1) is 11.6. The van der Waals surface area contributed by atoms with Crippen LogP contribution in [0.15, 0.2) is 9.98 Å². The minimum Gasteiger partial charge on any atom is -0.483 e. The molecule has 0 N–H and O–H groups in total. The number of nitrogens with zero attached hydrogens (tertiary/aromatic N) is 2. The molecule has 5 nitrogen and oxygen atoms in total. The topological polar surface area (TPSA) is 52.4 Å². The van der Waals surface area contributed by atoms with Gasteiger partial charge in [-0.2, -0.15) is 0 Å². The summed E-state index contributed by atoms with van der Waals surface area (Å²) in [5, 5.41) is 0.946. The summed E-state index contributed by atoms with van der Waals surface area (Å²) >= 11 is 3.52. The molecule has 0 aromatic carbocycles. The van der Waals surface area contributed by atoms with Crippen LogP contribution >= 0.6 is 15.9 Å². The summed E-state index contributed by atoms with van der Waals surface area (Å²) in [5.41, 5.74) is 0. The first kappa shape index (κ1) is 21.4. The Balaban J connectivity index is 2.69. The molecular formula is C18H33BrN2O3. The lowest BCUT2D eigenvalue weighted by molar-refractivity contribution is 0.0422. The number of aliphatic imine (C=N–C) groups is 2. The summed E-state index contributed by atoms with van der Waals surface area (Å²) in [6, 6.07) is -0.132. The van der Waals surface area contributed by atoms with Crippen LogP contribution in [0.2, 0.25) is 0 Å². The quantitative estimate of drug-likeness (QED) is 0.404. The van der Waals surface area contributed by atoms with Gasteiger partial charge < -0.3 is 14.2 Å². The van der Waals surface area contributed by atoms with E-state index < -0.39 is 0 Å². The smallest absolute Gasteiger partial charge is 0.209 e. The molecule has 140 valence electrons. The third-order valence-corrected chi connectivity index (χ3v) is 4.64. The van der Waals surface area contributed by atoms with Crippen LogP contribution in [0.3, 0.4) is 0 Å². The van der Waals surface area contributed by atoms with Crippen molar-refractivity contribution in [3.05, 3.63) is 0 Å². The van der Waals surface area contributed by atoms with E-state index in [0.717, 1.165) is 44.0 Å². The van der Waals surface area contributed by atoms with Crippen molar-refractivity contribution < 1.29 is 14.2 Å². The summed E-state index contributed by atoms with van der Waals surface area (Å²) in [6.07, 6.45) is 5.31. The number of hydrogen-bond donors (Lipinski definition) is 0. The van der Waals surface area contributed by atoms with Crippen LogP contribution in [0.4, 0.5) is 0 Å². The Morgan fingerprint density at radius 3 is 2.33 bits per heavy atom. The van der Waals surface area contributed by atoms with E-state index in [4.69, 9.17) is 24.2 Å². The Hall–Kier alpha value is -0.620. The molecular weight excluding hydrogens is 372 g/mol. The number of unbranched alkanes of at least 4 members (excludes halogenated alkanes) is 1. The van der Waals surface area contributed by atoms with E-state index in [0.29, 0.717) is 17.7 Å². The van der Waals surface area contributed by atoms with Crippen molar-refractivity contribution in [2.45, 2.75) is 71.1 Å². The van der Waals surface area contributed by atoms with Crippen LogP contribution < -0.4 is 0 Å². The highest BCUT2D eigenvalue weighted by Crippen LogP contribution is 2.21. The Bertz CT molecular complexity index is 413. The van der Waals surface area contributed by atoms with E-state index in [1.54, 1.807) is 14.2 Å². The van der Waals surface area contributed by atoms with Gasteiger partial charge >= 0.3 is 0 Å². The van der Waals surface area contributed by atoms with Gasteiger partial charge in [-0.25, -0.2) is 9.98 Å². The van der Waals surface area contributed by atoms with E-state index in [2.05, 4.69) is 36.7 Å². The fourth-order valence-electron chi connectivity index (χ4n) is 2.72. The normalized spacial score (nSPS) is 22.1. The van der Waals surface area contributed by atoms with Gasteiger partial charge in [0.1, 0.15) is 12.1 Å². The number of alkyl halides is 1. The maximum Gasteiger partial charge on any atom is 0.209 e. The molecule has 0 aliphatic carbocycles. The summed E-state index contributed by atoms with van der Waals surface area (Å²) < 4.78 is 17.0. The van der Waals surface area contributed by atoms with Crippen LogP contribution in [0, 0.1) is 5.92 Å². The monoisotopic (exact) mass is 404 g/mol. The average Bonchev–Trinajstić information content (AvgIpc) is 2.58. The molecule has 0 saturated carbocycles.